The summed E-state index contributed by atoms with van der Waals surface area (Å²) < 4.78 is 2.49. The molecule has 1 aliphatic carbocycles. The standard InChI is InChI=1S/C35H32N2.C2H6/c1-3-12-25(4-2)32-23-28(24-33(36-32)27-13-6-5-7-14-27)26-19-21-29(22-20-26)37-34-17-10-8-15-30(34)31-16-9-11-18-35(31)37;1-2/h3-8,10,12-15,17,19-24H,9,11,16,18H2,1-2H3;1-2H3/b12-3-,25-4+;. The zero-order valence-corrected chi connectivity index (χ0v) is 23.6. The highest BCUT2D eigenvalue weighted by atomic mass is 15.0. The molecular weight excluding hydrogens is 472 g/mol. The molecule has 0 spiro atoms. The van der Waals surface area contributed by atoms with Crippen LogP contribution in [0.5, 0.6) is 0 Å². The van der Waals surface area contributed by atoms with Crippen LogP contribution in [0.4, 0.5) is 0 Å². The van der Waals surface area contributed by atoms with Crippen LogP contribution < -0.4 is 0 Å². The van der Waals surface area contributed by atoms with E-state index >= 15 is 0 Å². The van der Waals surface area contributed by atoms with E-state index in [-0.39, 0.29) is 0 Å². The number of hydrogen-bond donors (Lipinski definition) is 0. The number of aryl methyl sites for hydroxylation is 1. The molecule has 0 amide bonds. The SMILES string of the molecule is C/C=C\C(=C/C)c1cc(-c2ccc(-n3c4c(c5ccccc53)CCCC4)cc2)cc(-c2ccccc2)n1.CC. The van der Waals surface area contributed by atoms with Crippen LogP contribution in [-0.4, -0.2) is 9.55 Å². The summed E-state index contributed by atoms with van der Waals surface area (Å²) >= 11 is 0. The van der Waals surface area contributed by atoms with Crippen LogP contribution >= 0.6 is 0 Å². The molecule has 0 N–H and O–H groups in total. The van der Waals surface area contributed by atoms with Crippen molar-refractivity contribution in [1.82, 2.24) is 9.55 Å². The molecule has 196 valence electrons. The van der Waals surface area contributed by atoms with E-state index in [1.807, 2.05) is 26.8 Å². The maximum absolute atomic E-state index is 5.04. The molecule has 0 saturated carbocycles. The molecule has 2 heteroatoms. The van der Waals surface area contributed by atoms with Gasteiger partial charge in [0.25, 0.3) is 0 Å². The number of rotatable bonds is 5. The lowest BCUT2D eigenvalue weighted by molar-refractivity contribution is 0.667. The second-order valence-electron chi connectivity index (χ2n) is 9.77. The van der Waals surface area contributed by atoms with Crippen molar-refractivity contribution in [2.24, 2.45) is 0 Å². The normalized spacial score (nSPS) is 13.3. The fourth-order valence-corrected chi connectivity index (χ4v) is 5.70. The van der Waals surface area contributed by atoms with Gasteiger partial charge < -0.3 is 4.57 Å². The van der Waals surface area contributed by atoms with Crippen molar-refractivity contribution >= 4 is 16.5 Å². The molecule has 0 atom stereocenters. The Morgan fingerprint density at radius 1 is 0.744 bits per heavy atom. The summed E-state index contributed by atoms with van der Waals surface area (Å²) in [5.74, 6) is 0. The Labute approximate surface area is 233 Å². The van der Waals surface area contributed by atoms with E-state index in [1.54, 1.807) is 5.56 Å². The number of nitrogens with zero attached hydrogens (tertiary/aromatic N) is 2. The van der Waals surface area contributed by atoms with E-state index in [2.05, 4.69) is 115 Å². The second-order valence-corrected chi connectivity index (χ2v) is 9.77. The van der Waals surface area contributed by atoms with Gasteiger partial charge in [-0.05, 0) is 92.1 Å². The molecule has 0 radical (unpaired) electrons. The molecule has 6 rings (SSSR count). The zero-order chi connectivity index (χ0) is 27.2. The summed E-state index contributed by atoms with van der Waals surface area (Å²) in [6.07, 6.45) is 11.2. The van der Waals surface area contributed by atoms with Crippen molar-refractivity contribution in [2.75, 3.05) is 0 Å². The van der Waals surface area contributed by atoms with Crippen molar-refractivity contribution < 1.29 is 0 Å². The predicted octanol–water partition coefficient (Wildman–Crippen LogP) is 10.2. The number of benzene rings is 3. The van der Waals surface area contributed by atoms with E-state index in [1.165, 1.54) is 52.7 Å². The highest BCUT2D eigenvalue weighted by molar-refractivity contribution is 5.88. The quantitative estimate of drug-likeness (QED) is 0.215. The molecule has 2 nitrogen and oxygen atoms in total. The van der Waals surface area contributed by atoms with E-state index in [0.29, 0.717) is 0 Å². The van der Waals surface area contributed by atoms with Crippen molar-refractivity contribution in [3.05, 3.63) is 126 Å². The second kappa shape index (κ2) is 12.1. The fourth-order valence-electron chi connectivity index (χ4n) is 5.70. The molecule has 0 fully saturated rings. The summed E-state index contributed by atoms with van der Waals surface area (Å²) in [5, 5.41) is 1.41. The van der Waals surface area contributed by atoms with Crippen LogP contribution in [0, 0.1) is 0 Å². The fraction of sp³-hybridized carbons (Fsp3) is 0.216. The monoisotopic (exact) mass is 510 g/mol. The summed E-state index contributed by atoms with van der Waals surface area (Å²) in [5.41, 5.74) is 12.2. The Kier molecular flexibility index (Phi) is 8.22. The summed E-state index contributed by atoms with van der Waals surface area (Å²) in [6.45, 7) is 8.12. The molecular formula is C37H38N2. The molecule has 0 bridgehead atoms. The minimum absolute atomic E-state index is 0.992. The first-order valence-electron chi connectivity index (χ1n) is 14.4. The third-order valence-corrected chi connectivity index (χ3v) is 7.49. The average molecular weight is 511 g/mol. The van der Waals surface area contributed by atoms with Crippen LogP contribution in [0.2, 0.25) is 0 Å². The first-order chi connectivity index (χ1) is 19.3. The molecule has 39 heavy (non-hydrogen) atoms. The van der Waals surface area contributed by atoms with Crippen molar-refractivity contribution in [3.8, 4) is 28.1 Å². The van der Waals surface area contributed by atoms with E-state index in [0.717, 1.165) is 28.9 Å². The summed E-state index contributed by atoms with van der Waals surface area (Å²) in [4.78, 5) is 5.04. The Morgan fingerprint density at radius 2 is 1.46 bits per heavy atom. The molecule has 5 aromatic rings. The van der Waals surface area contributed by atoms with E-state index < -0.39 is 0 Å². The first kappa shape index (κ1) is 26.4. The average Bonchev–Trinajstić information content (AvgIpc) is 3.35. The number of allylic oxidation sites excluding steroid dienone is 4. The van der Waals surface area contributed by atoms with Crippen molar-refractivity contribution in [1.29, 1.82) is 0 Å². The van der Waals surface area contributed by atoms with Gasteiger partial charge in [-0.3, -0.25) is 0 Å². The smallest absolute Gasteiger partial charge is 0.0715 e. The third-order valence-electron chi connectivity index (χ3n) is 7.49. The topological polar surface area (TPSA) is 17.8 Å². The first-order valence-corrected chi connectivity index (χ1v) is 14.4. The largest absolute Gasteiger partial charge is 0.313 e. The number of para-hydroxylation sites is 1. The lowest BCUT2D eigenvalue weighted by Crippen LogP contribution is -2.06. The summed E-state index contributed by atoms with van der Waals surface area (Å²) in [7, 11) is 0. The van der Waals surface area contributed by atoms with Gasteiger partial charge in [0.05, 0.1) is 16.9 Å². The third kappa shape index (κ3) is 5.25. The molecule has 0 unspecified atom stereocenters. The minimum Gasteiger partial charge on any atom is -0.313 e. The van der Waals surface area contributed by atoms with Crippen LogP contribution in [0.1, 0.15) is 57.5 Å². The van der Waals surface area contributed by atoms with Crippen LogP contribution in [0.25, 0.3) is 44.5 Å². The number of aromatic nitrogens is 2. The number of hydrogen-bond acceptors (Lipinski definition) is 1. The number of fused-ring (bicyclic) bond motifs is 3. The van der Waals surface area contributed by atoms with E-state index in [4.69, 9.17) is 4.98 Å². The van der Waals surface area contributed by atoms with Gasteiger partial charge in [-0.2, -0.15) is 0 Å². The van der Waals surface area contributed by atoms with E-state index in [9.17, 15) is 0 Å². The molecule has 2 aromatic heterocycles. The minimum atomic E-state index is 0.992. The molecule has 1 aliphatic rings. The van der Waals surface area contributed by atoms with Gasteiger partial charge in [0.1, 0.15) is 0 Å². The van der Waals surface area contributed by atoms with Gasteiger partial charge in [-0.1, -0.05) is 92.7 Å². The predicted molar refractivity (Wildman–Crippen MR) is 168 cm³/mol. The maximum Gasteiger partial charge on any atom is 0.0715 e. The highest BCUT2D eigenvalue weighted by Crippen LogP contribution is 2.35. The van der Waals surface area contributed by atoms with Crippen molar-refractivity contribution in [2.45, 2.75) is 53.4 Å². The Hall–Kier alpha value is -4.17. The zero-order valence-electron chi connectivity index (χ0n) is 23.6. The maximum atomic E-state index is 5.04. The van der Waals surface area contributed by atoms with Gasteiger partial charge in [-0.25, -0.2) is 4.98 Å². The molecule has 0 saturated heterocycles. The van der Waals surface area contributed by atoms with Crippen LogP contribution in [0.15, 0.2) is 109 Å². The van der Waals surface area contributed by atoms with Gasteiger partial charge in [0, 0.05) is 22.3 Å². The van der Waals surface area contributed by atoms with Gasteiger partial charge >= 0.3 is 0 Å². The Morgan fingerprint density at radius 3 is 2.21 bits per heavy atom. The summed E-state index contributed by atoms with van der Waals surface area (Å²) in [6, 6.07) is 32.8. The van der Waals surface area contributed by atoms with Crippen LogP contribution in [-0.2, 0) is 12.8 Å². The highest BCUT2D eigenvalue weighted by Gasteiger charge is 2.20. The van der Waals surface area contributed by atoms with Gasteiger partial charge in [0.2, 0.25) is 0 Å². The Bertz CT molecular complexity index is 1620. The van der Waals surface area contributed by atoms with Crippen molar-refractivity contribution in [3.63, 3.8) is 0 Å². The Balaban J connectivity index is 0.00000151. The number of pyridine rings is 1. The van der Waals surface area contributed by atoms with Crippen LogP contribution in [0.3, 0.4) is 0 Å². The van der Waals surface area contributed by atoms with Gasteiger partial charge in [0.15, 0.2) is 0 Å². The van der Waals surface area contributed by atoms with Gasteiger partial charge in [-0.15, -0.1) is 0 Å². The lowest BCUT2D eigenvalue weighted by Gasteiger charge is -2.17. The molecule has 0 aliphatic heterocycles. The molecule has 2 heterocycles. The lowest BCUT2D eigenvalue weighted by atomic mass is 9.95. The molecule has 3 aromatic carbocycles.